The molecule has 0 saturated carbocycles. The molecule has 146 valence electrons. The Morgan fingerprint density at radius 1 is 1.03 bits per heavy atom. The fraction of sp³-hybridized carbons (Fsp3) is 0.217. The summed E-state index contributed by atoms with van der Waals surface area (Å²) < 4.78 is 5.27. The first kappa shape index (κ1) is 18.8. The molecule has 0 saturated heterocycles. The van der Waals surface area contributed by atoms with Gasteiger partial charge in [-0.15, -0.1) is 0 Å². The Kier molecular flexibility index (Phi) is 4.84. The number of ether oxygens (including phenoxy) is 1. The van der Waals surface area contributed by atoms with E-state index in [1.807, 2.05) is 32.0 Å². The molecule has 0 atom stereocenters. The van der Waals surface area contributed by atoms with Gasteiger partial charge in [-0.2, -0.15) is 0 Å². The molecule has 0 aliphatic carbocycles. The van der Waals surface area contributed by atoms with Crippen molar-refractivity contribution in [3.63, 3.8) is 0 Å². The Bertz CT molecular complexity index is 1260. The Hall–Kier alpha value is -3.54. The zero-order valence-electron chi connectivity index (χ0n) is 16.6. The molecule has 1 N–H and O–H groups in total. The third-order valence-corrected chi connectivity index (χ3v) is 5.13. The summed E-state index contributed by atoms with van der Waals surface area (Å²) in [5, 5.41) is 0.845. The van der Waals surface area contributed by atoms with Crippen LogP contribution in [0.5, 0.6) is 0 Å². The van der Waals surface area contributed by atoms with Crippen molar-refractivity contribution < 1.29 is 14.3 Å². The number of aromatic amines is 1. The van der Waals surface area contributed by atoms with Crippen LogP contribution in [0.3, 0.4) is 0 Å². The summed E-state index contributed by atoms with van der Waals surface area (Å²) in [6.45, 7) is 5.51. The second-order valence-electron chi connectivity index (χ2n) is 6.99. The molecule has 2 aromatic carbocycles. The molecule has 0 aliphatic heterocycles. The Morgan fingerprint density at radius 2 is 1.79 bits per heavy atom. The monoisotopic (exact) mass is 387 g/mol. The molecule has 0 fully saturated rings. The molecule has 0 unspecified atom stereocenters. The molecule has 0 spiro atoms. The van der Waals surface area contributed by atoms with Crippen LogP contribution in [-0.4, -0.2) is 33.3 Å². The van der Waals surface area contributed by atoms with Crippen LogP contribution < -0.4 is 0 Å². The van der Waals surface area contributed by atoms with E-state index >= 15 is 0 Å². The first-order valence-corrected chi connectivity index (χ1v) is 9.52. The summed E-state index contributed by atoms with van der Waals surface area (Å²) in [6.07, 6.45) is 2.54. The molecular formula is C23H21N3O3. The maximum Gasteiger partial charge on any atom is 0.338 e. The number of hydrogen-bond acceptors (Lipinski definition) is 5. The normalized spacial score (nSPS) is 11.1. The molecular weight excluding hydrogens is 366 g/mol. The van der Waals surface area contributed by atoms with E-state index < -0.39 is 5.97 Å². The van der Waals surface area contributed by atoms with Gasteiger partial charge in [0, 0.05) is 22.7 Å². The summed E-state index contributed by atoms with van der Waals surface area (Å²) in [6, 6.07) is 10.9. The van der Waals surface area contributed by atoms with Crippen molar-refractivity contribution in [1.29, 1.82) is 0 Å². The number of nitrogens with zero attached hydrogens (tertiary/aromatic N) is 2. The van der Waals surface area contributed by atoms with Crippen LogP contribution in [0.25, 0.3) is 21.9 Å². The van der Waals surface area contributed by atoms with Crippen LogP contribution in [0.15, 0.2) is 42.6 Å². The second-order valence-corrected chi connectivity index (χ2v) is 6.99. The molecule has 29 heavy (non-hydrogen) atoms. The average Bonchev–Trinajstić information content (AvgIpc) is 3.16. The molecule has 0 bridgehead atoms. The quantitative estimate of drug-likeness (QED) is 0.407. The lowest BCUT2D eigenvalue weighted by Crippen LogP contribution is -2.14. The molecule has 2 heterocycles. The number of Topliss-reactive ketones (excluding diaryl/α,β-unsaturated/α-hetero) is 1. The topological polar surface area (TPSA) is 84.9 Å². The molecule has 4 aromatic rings. The van der Waals surface area contributed by atoms with Gasteiger partial charge >= 0.3 is 5.97 Å². The number of benzene rings is 2. The number of para-hydroxylation sites is 1. The minimum Gasteiger partial charge on any atom is -0.454 e. The van der Waals surface area contributed by atoms with Gasteiger partial charge in [0.25, 0.3) is 0 Å². The van der Waals surface area contributed by atoms with E-state index in [4.69, 9.17) is 4.74 Å². The molecule has 0 amide bonds. The number of fused-ring (bicyclic) bond motifs is 2. The lowest BCUT2D eigenvalue weighted by Gasteiger charge is -2.06. The molecule has 4 rings (SSSR count). The largest absolute Gasteiger partial charge is 0.454 e. The van der Waals surface area contributed by atoms with Crippen LogP contribution in [0.2, 0.25) is 0 Å². The second kappa shape index (κ2) is 7.47. The number of carbonyl (C=O) groups is 2. The van der Waals surface area contributed by atoms with Gasteiger partial charge in [0.05, 0.1) is 28.0 Å². The maximum absolute atomic E-state index is 12.6. The third kappa shape index (κ3) is 3.49. The predicted octanol–water partition coefficient (Wildman–Crippen LogP) is 4.33. The van der Waals surface area contributed by atoms with Crippen LogP contribution in [0, 0.1) is 13.8 Å². The van der Waals surface area contributed by atoms with E-state index in [0.717, 1.165) is 34.3 Å². The number of ketones is 1. The number of aromatic nitrogens is 3. The van der Waals surface area contributed by atoms with Gasteiger partial charge in [0.2, 0.25) is 5.78 Å². The maximum atomic E-state index is 12.6. The zero-order valence-corrected chi connectivity index (χ0v) is 16.6. The Labute approximate surface area is 167 Å². The van der Waals surface area contributed by atoms with Crippen molar-refractivity contribution in [3.8, 4) is 0 Å². The van der Waals surface area contributed by atoms with Crippen molar-refractivity contribution in [2.45, 2.75) is 27.2 Å². The predicted molar refractivity (Wildman–Crippen MR) is 111 cm³/mol. The molecule has 6 heteroatoms. The number of rotatable bonds is 5. The van der Waals surface area contributed by atoms with Gasteiger partial charge in [-0.3, -0.25) is 4.79 Å². The fourth-order valence-corrected chi connectivity index (χ4v) is 3.39. The number of H-pyrrole nitrogens is 1. The van der Waals surface area contributed by atoms with Crippen LogP contribution >= 0.6 is 0 Å². The minimum atomic E-state index is -0.561. The number of nitrogens with one attached hydrogen (secondary N) is 1. The van der Waals surface area contributed by atoms with Gasteiger partial charge in [-0.1, -0.05) is 25.1 Å². The zero-order chi connectivity index (χ0) is 20.5. The minimum absolute atomic E-state index is 0.245. The van der Waals surface area contributed by atoms with Gasteiger partial charge in [-0.05, 0) is 44.0 Å². The van der Waals surface area contributed by atoms with Crippen LogP contribution in [0.4, 0.5) is 0 Å². The Morgan fingerprint density at radius 3 is 2.55 bits per heavy atom. The molecule has 2 aromatic heterocycles. The van der Waals surface area contributed by atoms with Crippen LogP contribution in [-0.2, 0) is 11.2 Å². The van der Waals surface area contributed by atoms with E-state index in [2.05, 4.69) is 21.9 Å². The number of hydrogen-bond donors (Lipinski definition) is 1. The first-order chi connectivity index (χ1) is 14.0. The van der Waals surface area contributed by atoms with E-state index in [1.165, 1.54) is 0 Å². The third-order valence-electron chi connectivity index (χ3n) is 5.13. The van der Waals surface area contributed by atoms with Gasteiger partial charge < -0.3 is 9.72 Å². The highest BCUT2D eigenvalue weighted by Gasteiger charge is 2.17. The first-order valence-electron chi connectivity index (χ1n) is 9.52. The standard InChI is InChI=1S/C23H21N3O3/c1-4-15-6-5-7-17-18(11-24-22(15)17)21(27)12-29-23(28)16-8-9-19-20(10-16)26-14(3)13(2)25-19/h5-11,24H,4,12H2,1-3H3. The van der Waals surface area contributed by atoms with E-state index in [-0.39, 0.29) is 12.4 Å². The van der Waals surface area contributed by atoms with Gasteiger partial charge in [0.15, 0.2) is 6.61 Å². The van der Waals surface area contributed by atoms with Gasteiger partial charge in [0.1, 0.15) is 0 Å². The lowest BCUT2D eigenvalue weighted by atomic mass is 10.1. The van der Waals surface area contributed by atoms with Crippen molar-refractivity contribution in [2.24, 2.45) is 0 Å². The molecule has 6 nitrogen and oxygen atoms in total. The fourth-order valence-electron chi connectivity index (χ4n) is 3.39. The van der Waals surface area contributed by atoms with Gasteiger partial charge in [-0.25, -0.2) is 14.8 Å². The van der Waals surface area contributed by atoms with E-state index in [1.54, 1.807) is 24.4 Å². The highest BCUT2D eigenvalue weighted by atomic mass is 16.5. The summed E-state index contributed by atoms with van der Waals surface area (Å²) >= 11 is 0. The summed E-state index contributed by atoms with van der Waals surface area (Å²) in [5.41, 5.74) is 5.95. The average molecular weight is 387 g/mol. The summed E-state index contributed by atoms with van der Waals surface area (Å²) in [4.78, 5) is 37.2. The van der Waals surface area contributed by atoms with Crippen LogP contribution in [0.1, 0.15) is 44.6 Å². The lowest BCUT2D eigenvalue weighted by molar-refractivity contribution is 0.0475. The van der Waals surface area contributed by atoms with Crippen molar-refractivity contribution in [3.05, 3.63) is 70.7 Å². The highest BCUT2D eigenvalue weighted by Crippen LogP contribution is 2.23. The van der Waals surface area contributed by atoms with Crippen molar-refractivity contribution >= 4 is 33.7 Å². The van der Waals surface area contributed by atoms with E-state index in [9.17, 15) is 9.59 Å². The number of aryl methyl sites for hydroxylation is 3. The van der Waals surface area contributed by atoms with Crippen molar-refractivity contribution in [2.75, 3.05) is 6.61 Å². The highest BCUT2D eigenvalue weighted by molar-refractivity contribution is 6.09. The number of carbonyl (C=O) groups excluding carboxylic acids is 2. The smallest absolute Gasteiger partial charge is 0.338 e. The Balaban J connectivity index is 1.52. The van der Waals surface area contributed by atoms with E-state index in [0.29, 0.717) is 22.2 Å². The van der Waals surface area contributed by atoms with Crippen molar-refractivity contribution in [1.82, 2.24) is 15.0 Å². The molecule has 0 radical (unpaired) electrons. The molecule has 0 aliphatic rings. The summed E-state index contributed by atoms with van der Waals surface area (Å²) in [5.74, 6) is -0.806. The SMILES string of the molecule is CCc1cccc2c(C(=O)COC(=O)c3ccc4nc(C)c(C)nc4c3)c[nH]c12. The summed E-state index contributed by atoms with van der Waals surface area (Å²) in [7, 11) is 0. The number of esters is 1.